The van der Waals surface area contributed by atoms with Gasteiger partial charge in [0.05, 0.1) is 11.4 Å². The average molecular weight is 513 g/mol. The van der Waals surface area contributed by atoms with E-state index in [1.165, 1.54) is 0 Å². The van der Waals surface area contributed by atoms with E-state index in [0.29, 0.717) is 19.5 Å². The Bertz CT molecular complexity index is 693. The number of aliphatic imine (C=N–C) groups is 1. The summed E-state index contributed by atoms with van der Waals surface area (Å²) in [5.74, 6) is 1.83. The van der Waals surface area contributed by atoms with Gasteiger partial charge in [0, 0.05) is 38.3 Å². The summed E-state index contributed by atoms with van der Waals surface area (Å²) in [6.45, 7) is 7.62. The third-order valence-corrected chi connectivity index (χ3v) is 6.80. The fraction of sp³-hybridized carbons (Fsp3) is 0.765. The predicted octanol–water partition coefficient (Wildman–Crippen LogP) is 1.82. The third-order valence-electron chi connectivity index (χ3n) is 4.72. The lowest BCUT2D eigenvalue weighted by molar-refractivity contribution is 0.306. The van der Waals surface area contributed by atoms with E-state index in [4.69, 9.17) is 4.52 Å². The second-order valence-electron chi connectivity index (χ2n) is 6.69. The van der Waals surface area contributed by atoms with Gasteiger partial charge >= 0.3 is 0 Å². The molecule has 1 aromatic heterocycles. The molecular weight excluding hydrogens is 481 g/mol. The Hall–Kier alpha value is -0.880. The zero-order chi connectivity index (χ0) is 19.2. The van der Waals surface area contributed by atoms with Crippen LogP contribution < -0.4 is 10.6 Å². The number of nitrogens with one attached hydrogen (secondary N) is 2. The van der Waals surface area contributed by atoms with Crippen LogP contribution in [0.25, 0.3) is 0 Å². The number of halogens is 1. The normalized spacial score (nSPS) is 16.8. The topological polar surface area (TPSA) is 99.8 Å². The highest BCUT2D eigenvalue weighted by molar-refractivity contribution is 14.0. The van der Waals surface area contributed by atoms with Crippen LogP contribution in [0, 0.1) is 13.8 Å². The summed E-state index contributed by atoms with van der Waals surface area (Å²) in [4.78, 5) is 4.27. The van der Waals surface area contributed by atoms with Crippen LogP contribution in [-0.4, -0.2) is 62.3 Å². The van der Waals surface area contributed by atoms with E-state index < -0.39 is 10.0 Å². The lowest BCUT2D eigenvalue weighted by atomic mass is 10.1. The van der Waals surface area contributed by atoms with Crippen molar-refractivity contribution in [3.05, 3.63) is 17.0 Å². The maximum Gasteiger partial charge on any atom is 0.214 e. The Balaban J connectivity index is 0.00000364. The minimum absolute atomic E-state index is 0. The smallest absolute Gasteiger partial charge is 0.214 e. The lowest BCUT2D eigenvalue weighted by Crippen LogP contribution is -2.50. The molecule has 0 amide bonds. The van der Waals surface area contributed by atoms with Crippen LogP contribution in [0.5, 0.6) is 0 Å². The first kappa shape index (κ1) is 24.2. The van der Waals surface area contributed by atoms with Gasteiger partial charge in [0.2, 0.25) is 10.0 Å². The number of rotatable bonds is 7. The molecule has 10 heteroatoms. The summed E-state index contributed by atoms with van der Waals surface area (Å²) in [5.41, 5.74) is 2.05. The fourth-order valence-corrected chi connectivity index (χ4v) is 4.76. The summed E-state index contributed by atoms with van der Waals surface area (Å²) in [6.07, 6.45) is 3.04. The summed E-state index contributed by atoms with van der Waals surface area (Å²) in [6, 6.07) is 0.230. The van der Waals surface area contributed by atoms with Crippen molar-refractivity contribution < 1.29 is 12.9 Å². The maximum absolute atomic E-state index is 12.1. The molecule has 1 saturated heterocycles. The van der Waals surface area contributed by atoms with Gasteiger partial charge in [-0.3, -0.25) is 4.99 Å². The minimum atomic E-state index is -3.09. The molecule has 2 heterocycles. The van der Waals surface area contributed by atoms with E-state index in [-0.39, 0.29) is 35.8 Å². The minimum Gasteiger partial charge on any atom is -0.361 e. The Kier molecular flexibility index (Phi) is 10.0. The van der Waals surface area contributed by atoms with Crippen molar-refractivity contribution in [2.24, 2.45) is 4.99 Å². The van der Waals surface area contributed by atoms with Gasteiger partial charge in [-0.25, -0.2) is 12.7 Å². The zero-order valence-corrected chi connectivity index (χ0v) is 19.8. The number of aromatic nitrogens is 1. The van der Waals surface area contributed by atoms with Gasteiger partial charge in [0.25, 0.3) is 0 Å². The van der Waals surface area contributed by atoms with E-state index in [1.807, 2.05) is 20.8 Å². The van der Waals surface area contributed by atoms with Crippen molar-refractivity contribution in [2.45, 2.75) is 52.5 Å². The van der Waals surface area contributed by atoms with Crippen LogP contribution >= 0.6 is 24.0 Å². The number of guanidine groups is 1. The van der Waals surface area contributed by atoms with E-state index in [2.05, 4.69) is 20.8 Å². The standard InChI is InChI=1S/C17H31N5O3S.HI/c1-5-12-26(23,24)22-10-7-15(8-11-22)20-17(18-4)19-9-6-16-13(2)21-25-14(16)3;/h15H,5-12H2,1-4H3,(H2,18,19,20);1H. The van der Waals surface area contributed by atoms with Gasteiger partial charge in [-0.2, -0.15) is 0 Å². The van der Waals surface area contributed by atoms with Gasteiger partial charge in [-0.15, -0.1) is 24.0 Å². The zero-order valence-electron chi connectivity index (χ0n) is 16.6. The Morgan fingerprint density at radius 2 is 2.00 bits per heavy atom. The molecule has 1 aromatic rings. The molecule has 0 aliphatic carbocycles. The number of nitrogens with zero attached hydrogens (tertiary/aromatic N) is 3. The fourth-order valence-electron chi connectivity index (χ4n) is 3.22. The summed E-state index contributed by atoms with van der Waals surface area (Å²) in [7, 11) is -1.35. The van der Waals surface area contributed by atoms with E-state index in [1.54, 1.807) is 11.4 Å². The number of hydrogen-bond donors (Lipinski definition) is 2. The van der Waals surface area contributed by atoms with E-state index in [9.17, 15) is 8.42 Å². The summed E-state index contributed by atoms with van der Waals surface area (Å²) < 4.78 is 31.1. The second-order valence-corrected chi connectivity index (χ2v) is 8.77. The molecule has 27 heavy (non-hydrogen) atoms. The van der Waals surface area contributed by atoms with E-state index in [0.717, 1.165) is 48.8 Å². The summed E-state index contributed by atoms with van der Waals surface area (Å²) >= 11 is 0. The molecular formula is C17H32IN5O3S. The lowest BCUT2D eigenvalue weighted by Gasteiger charge is -2.32. The SMILES string of the molecule is CCCS(=O)(=O)N1CCC(NC(=NC)NCCc2c(C)noc2C)CC1.I. The van der Waals surface area contributed by atoms with Crippen LogP contribution in [0.1, 0.15) is 43.2 Å². The van der Waals surface area contributed by atoms with Crippen LogP contribution in [0.15, 0.2) is 9.52 Å². The molecule has 0 radical (unpaired) electrons. The Labute approximate surface area is 179 Å². The van der Waals surface area contributed by atoms with Crippen LogP contribution in [-0.2, 0) is 16.4 Å². The highest BCUT2D eigenvalue weighted by Crippen LogP contribution is 2.15. The third kappa shape index (κ3) is 6.90. The first-order chi connectivity index (χ1) is 12.4. The van der Waals surface area contributed by atoms with E-state index >= 15 is 0 Å². The summed E-state index contributed by atoms with van der Waals surface area (Å²) in [5, 5.41) is 10.7. The van der Waals surface area contributed by atoms with Crippen molar-refractivity contribution in [3.8, 4) is 0 Å². The van der Waals surface area contributed by atoms with Crippen molar-refractivity contribution in [3.63, 3.8) is 0 Å². The molecule has 2 rings (SSSR count). The Morgan fingerprint density at radius 1 is 1.33 bits per heavy atom. The Morgan fingerprint density at radius 3 is 2.52 bits per heavy atom. The van der Waals surface area contributed by atoms with Gasteiger partial charge in [0.1, 0.15) is 5.76 Å². The predicted molar refractivity (Wildman–Crippen MR) is 118 cm³/mol. The molecule has 0 atom stereocenters. The monoisotopic (exact) mass is 513 g/mol. The molecule has 1 aliphatic rings. The van der Waals surface area contributed by atoms with Crippen molar-refractivity contribution in [1.82, 2.24) is 20.1 Å². The van der Waals surface area contributed by atoms with Gasteiger partial charge < -0.3 is 15.2 Å². The highest BCUT2D eigenvalue weighted by atomic mass is 127. The van der Waals surface area contributed by atoms with Gasteiger partial charge in [0.15, 0.2) is 5.96 Å². The number of hydrogen-bond acceptors (Lipinski definition) is 5. The van der Waals surface area contributed by atoms with Gasteiger partial charge in [-0.1, -0.05) is 12.1 Å². The first-order valence-corrected chi connectivity index (χ1v) is 10.8. The molecule has 0 unspecified atom stereocenters. The van der Waals surface area contributed by atoms with Crippen molar-refractivity contribution >= 4 is 40.0 Å². The molecule has 0 spiro atoms. The molecule has 1 fully saturated rings. The number of sulfonamides is 1. The molecule has 2 N–H and O–H groups in total. The molecule has 156 valence electrons. The molecule has 0 saturated carbocycles. The first-order valence-electron chi connectivity index (χ1n) is 9.24. The highest BCUT2D eigenvalue weighted by Gasteiger charge is 2.27. The molecule has 8 nitrogen and oxygen atoms in total. The quantitative estimate of drug-likeness (QED) is 0.328. The van der Waals surface area contributed by atoms with Gasteiger partial charge in [-0.05, 0) is 39.5 Å². The number of aryl methyl sites for hydroxylation is 2. The molecule has 0 bridgehead atoms. The van der Waals surface area contributed by atoms with Crippen LogP contribution in [0.4, 0.5) is 0 Å². The van der Waals surface area contributed by atoms with Crippen LogP contribution in [0.2, 0.25) is 0 Å². The molecule has 1 aliphatic heterocycles. The maximum atomic E-state index is 12.1. The second kappa shape index (κ2) is 11.2. The van der Waals surface area contributed by atoms with Crippen molar-refractivity contribution in [1.29, 1.82) is 0 Å². The average Bonchev–Trinajstić information content (AvgIpc) is 2.93. The van der Waals surface area contributed by atoms with Crippen molar-refractivity contribution in [2.75, 3.05) is 32.4 Å². The molecule has 0 aromatic carbocycles. The van der Waals surface area contributed by atoms with Crippen LogP contribution in [0.3, 0.4) is 0 Å². The largest absolute Gasteiger partial charge is 0.361 e. The number of piperidine rings is 1.